The van der Waals surface area contributed by atoms with Gasteiger partial charge in [-0.1, -0.05) is 13.3 Å². The van der Waals surface area contributed by atoms with E-state index in [1.54, 1.807) is 0 Å². The standard InChI is InChI=1S/C11H16N2O4/c1-4-5-8(7-14)17-11-12-9(15-2)6-10(13-11)16-3/h6-8H,4-5H2,1-3H3. The van der Waals surface area contributed by atoms with Gasteiger partial charge in [-0.3, -0.25) is 4.79 Å². The van der Waals surface area contributed by atoms with Crippen molar-refractivity contribution in [1.29, 1.82) is 0 Å². The van der Waals surface area contributed by atoms with Crippen molar-refractivity contribution in [3.8, 4) is 17.8 Å². The van der Waals surface area contributed by atoms with Crippen molar-refractivity contribution in [2.24, 2.45) is 0 Å². The molecule has 94 valence electrons. The number of carbonyl (C=O) groups excluding carboxylic acids is 1. The topological polar surface area (TPSA) is 70.5 Å². The summed E-state index contributed by atoms with van der Waals surface area (Å²) in [6.45, 7) is 1.97. The molecule has 6 nitrogen and oxygen atoms in total. The molecular weight excluding hydrogens is 224 g/mol. The maximum Gasteiger partial charge on any atom is 0.323 e. The van der Waals surface area contributed by atoms with Gasteiger partial charge in [0.25, 0.3) is 0 Å². The number of carbonyl (C=O) groups is 1. The van der Waals surface area contributed by atoms with Crippen LogP contribution in [-0.4, -0.2) is 36.6 Å². The summed E-state index contributed by atoms with van der Waals surface area (Å²) >= 11 is 0. The number of aromatic nitrogens is 2. The first-order chi connectivity index (χ1) is 8.23. The fourth-order valence-electron chi connectivity index (χ4n) is 1.22. The number of aldehydes is 1. The highest BCUT2D eigenvalue weighted by Crippen LogP contribution is 2.19. The van der Waals surface area contributed by atoms with Crippen LogP contribution in [0.2, 0.25) is 0 Å². The molecule has 6 heteroatoms. The third-order valence-electron chi connectivity index (χ3n) is 2.06. The molecule has 1 aromatic heterocycles. The van der Waals surface area contributed by atoms with E-state index in [9.17, 15) is 4.79 Å². The van der Waals surface area contributed by atoms with Crippen molar-refractivity contribution in [2.45, 2.75) is 25.9 Å². The Balaban J connectivity index is 2.84. The highest BCUT2D eigenvalue weighted by Gasteiger charge is 2.12. The highest BCUT2D eigenvalue weighted by molar-refractivity contribution is 5.56. The van der Waals surface area contributed by atoms with E-state index in [0.717, 1.165) is 12.7 Å². The number of rotatable bonds is 7. The molecule has 0 aromatic carbocycles. The third-order valence-corrected chi connectivity index (χ3v) is 2.06. The van der Waals surface area contributed by atoms with Crippen LogP contribution in [0.1, 0.15) is 19.8 Å². The maximum absolute atomic E-state index is 10.8. The molecule has 1 rings (SSSR count). The molecule has 0 spiro atoms. The van der Waals surface area contributed by atoms with E-state index < -0.39 is 6.10 Å². The fraction of sp³-hybridized carbons (Fsp3) is 0.545. The van der Waals surface area contributed by atoms with Crippen molar-refractivity contribution < 1.29 is 19.0 Å². The first-order valence-electron chi connectivity index (χ1n) is 5.32. The van der Waals surface area contributed by atoms with Crippen LogP contribution in [0.5, 0.6) is 17.8 Å². The number of nitrogens with zero attached hydrogens (tertiary/aromatic N) is 2. The minimum absolute atomic E-state index is 0.0757. The van der Waals surface area contributed by atoms with E-state index in [4.69, 9.17) is 14.2 Å². The average molecular weight is 240 g/mol. The molecule has 0 saturated heterocycles. The molecule has 0 fully saturated rings. The third kappa shape index (κ3) is 3.90. The minimum Gasteiger partial charge on any atom is -0.481 e. The predicted molar refractivity (Wildman–Crippen MR) is 60.5 cm³/mol. The molecule has 0 N–H and O–H groups in total. The average Bonchev–Trinajstić information content (AvgIpc) is 2.37. The molecule has 1 unspecified atom stereocenters. The summed E-state index contributed by atoms with van der Waals surface area (Å²) in [6.07, 6.45) is 1.65. The Bertz CT molecular complexity index is 348. The van der Waals surface area contributed by atoms with Crippen LogP contribution in [0.25, 0.3) is 0 Å². The van der Waals surface area contributed by atoms with Crippen molar-refractivity contribution in [1.82, 2.24) is 9.97 Å². The molecule has 0 aliphatic rings. The molecule has 1 atom stereocenters. The van der Waals surface area contributed by atoms with E-state index in [2.05, 4.69) is 9.97 Å². The van der Waals surface area contributed by atoms with Gasteiger partial charge in [0, 0.05) is 0 Å². The number of methoxy groups -OCH3 is 2. The zero-order valence-electron chi connectivity index (χ0n) is 10.2. The molecule has 1 aromatic rings. The largest absolute Gasteiger partial charge is 0.481 e. The van der Waals surface area contributed by atoms with E-state index in [1.807, 2.05) is 6.92 Å². The van der Waals surface area contributed by atoms with Crippen LogP contribution in [0.3, 0.4) is 0 Å². The summed E-state index contributed by atoms with van der Waals surface area (Å²) in [7, 11) is 2.96. The van der Waals surface area contributed by atoms with Gasteiger partial charge in [0.2, 0.25) is 11.8 Å². The second-order valence-corrected chi connectivity index (χ2v) is 3.32. The van der Waals surface area contributed by atoms with Crippen molar-refractivity contribution in [3.05, 3.63) is 6.07 Å². The molecule has 0 amide bonds. The second-order valence-electron chi connectivity index (χ2n) is 3.32. The van der Waals surface area contributed by atoms with Gasteiger partial charge in [-0.05, 0) is 6.42 Å². The van der Waals surface area contributed by atoms with Gasteiger partial charge in [0.1, 0.15) is 0 Å². The molecule has 0 radical (unpaired) electrons. The molecule has 0 aliphatic carbocycles. The Labute approximate surface area is 99.9 Å². The number of hydrogen-bond acceptors (Lipinski definition) is 6. The number of ether oxygens (including phenoxy) is 3. The van der Waals surface area contributed by atoms with Crippen LogP contribution in [-0.2, 0) is 4.79 Å². The lowest BCUT2D eigenvalue weighted by Crippen LogP contribution is -2.19. The number of hydrogen-bond donors (Lipinski definition) is 0. The summed E-state index contributed by atoms with van der Waals surface area (Å²) in [5, 5.41) is 0. The summed E-state index contributed by atoms with van der Waals surface area (Å²) in [4.78, 5) is 18.7. The highest BCUT2D eigenvalue weighted by atomic mass is 16.5. The maximum atomic E-state index is 10.8. The second kappa shape index (κ2) is 6.67. The normalized spacial score (nSPS) is 11.7. The van der Waals surface area contributed by atoms with Crippen molar-refractivity contribution in [2.75, 3.05) is 14.2 Å². The summed E-state index contributed by atoms with van der Waals surface area (Å²) in [6, 6.07) is 1.61. The molecule has 0 saturated carbocycles. The first kappa shape index (κ1) is 13.2. The van der Waals surface area contributed by atoms with Gasteiger partial charge in [-0.25, -0.2) is 0 Å². The quantitative estimate of drug-likeness (QED) is 0.668. The van der Waals surface area contributed by atoms with Crippen molar-refractivity contribution >= 4 is 6.29 Å². The Kier molecular flexibility index (Phi) is 5.19. The Morgan fingerprint density at radius 2 is 1.88 bits per heavy atom. The van der Waals surface area contributed by atoms with E-state index in [-0.39, 0.29) is 6.01 Å². The Hall–Kier alpha value is -1.85. The summed E-state index contributed by atoms with van der Waals surface area (Å²) in [5.74, 6) is 0.654. The van der Waals surface area contributed by atoms with Gasteiger partial charge in [-0.15, -0.1) is 0 Å². The van der Waals surface area contributed by atoms with Gasteiger partial charge >= 0.3 is 6.01 Å². The van der Waals surface area contributed by atoms with Gasteiger partial charge in [-0.2, -0.15) is 9.97 Å². The van der Waals surface area contributed by atoms with Crippen LogP contribution >= 0.6 is 0 Å². The van der Waals surface area contributed by atoms with E-state index in [0.29, 0.717) is 18.2 Å². The lowest BCUT2D eigenvalue weighted by molar-refractivity contribution is -0.114. The molecule has 17 heavy (non-hydrogen) atoms. The molecule has 0 bridgehead atoms. The van der Waals surface area contributed by atoms with Crippen LogP contribution in [0, 0.1) is 0 Å². The Morgan fingerprint density at radius 1 is 1.29 bits per heavy atom. The fourth-order valence-corrected chi connectivity index (χ4v) is 1.22. The van der Waals surface area contributed by atoms with Crippen LogP contribution < -0.4 is 14.2 Å². The summed E-state index contributed by atoms with van der Waals surface area (Å²) in [5.41, 5.74) is 0. The monoisotopic (exact) mass is 240 g/mol. The van der Waals surface area contributed by atoms with Gasteiger partial charge in [0.15, 0.2) is 12.4 Å². The zero-order chi connectivity index (χ0) is 12.7. The van der Waals surface area contributed by atoms with Crippen molar-refractivity contribution in [3.63, 3.8) is 0 Å². The SMILES string of the molecule is CCCC(C=O)Oc1nc(OC)cc(OC)n1. The molecule has 0 aliphatic heterocycles. The van der Waals surface area contributed by atoms with Crippen LogP contribution in [0.4, 0.5) is 0 Å². The Morgan fingerprint density at radius 3 is 2.29 bits per heavy atom. The first-order valence-corrected chi connectivity index (χ1v) is 5.32. The lowest BCUT2D eigenvalue weighted by atomic mass is 10.2. The smallest absolute Gasteiger partial charge is 0.323 e. The predicted octanol–water partition coefficient (Wildman–Crippen LogP) is 1.24. The van der Waals surface area contributed by atoms with Gasteiger partial charge < -0.3 is 14.2 Å². The van der Waals surface area contributed by atoms with E-state index >= 15 is 0 Å². The minimum atomic E-state index is -0.545. The zero-order valence-corrected chi connectivity index (χ0v) is 10.2. The molecular formula is C11H16N2O4. The molecule has 1 heterocycles. The lowest BCUT2D eigenvalue weighted by Gasteiger charge is -2.12. The van der Waals surface area contributed by atoms with Gasteiger partial charge in [0.05, 0.1) is 20.3 Å². The summed E-state index contributed by atoms with van der Waals surface area (Å²) < 4.78 is 15.3. The van der Waals surface area contributed by atoms with E-state index in [1.165, 1.54) is 20.3 Å². The van der Waals surface area contributed by atoms with Crippen LogP contribution in [0.15, 0.2) is 6.07 Å².